The third kappa shape index (κ3) is 4.82. The van der Waals surface area contributed by atoms with Crippen molar-refractivity contribution in [3.63, 3.8) is 0 Å². The Bertz CT molecular complexity index is 877. The van der Waals surface area contributed by atoms with Gasteiger partial charge in [-0.15, -0.1) is 0 Å². The number of carbonyl (C=O) groups excluding carboxylic acids is 2. The summed E-state index contributed by atoms with van der Waals surface area (Å²) in [6.07, 6.45) is -2.03. The third-order valence-electron chi connectivity index (χ3n) is 5.11. The number of rotatable bonds is 6. The molecular weight excluding hydrogens is 396 g/mol. The normalized spacial score (nSPS) is 26.2. The Morgan fingerprint density at radius 1 is 1.37 bits per heavy atom. The number of carbonyl (C=O) groups is 2. The van der Waals surface area contributed by atoms with E-state index in [1.54, 1.807) is 4.90 Å². The zero-order chi connectivity index (χ0) is 21.7. The summed E-state index contributed by atoms with van der Waals surface area (Å²) < 4.78 is 6.43. The monoisotopic (exact) mass is 420 g/mol. The molecule has 2 saturated heterocycles. The molecule has 4 atom stereocenters. The summed E-state index contributed by atoms with van der Waals surface area (Å²) in [6, 6.07) is 3.23. The Kier molecular flexibility index (Phi) is 7.11. The summed E-state index contributed by atoms with van der Waals surface area (Å²) in [4.78, 5) is 42.0. The van der Waals surface area contributed by atoms with Crippen LogP contribution < -0.4 is 16.3 Å². The molecule has 3 rings (SSSR count). The summed E-state index contributed by atoms with van der Waals surface area (Å²) in [7, 11) is 0. The Labute approximate surface area is 172 Å². The topological polar surface area (TPSA) is 170 Å². The van der Waals surface area contributed by atoms with Gasteiger partial charge in [-0.25, -0.2) is 4.79 Å². The van der Waals surface area contributed by atoms with E-state index in [0.29, 0.717) is 13.1 Å². The lowest BCUT2D eigenvalue weighted by atomic mass is 10.0. The number of nitrogens with one attached hydrogen (secondary N) is 2. The summed E-state index contributed by atoms with van der Waals surface area (Å²) in [5, 5.41) is 34.1. The molecule has 0 spiro atoms. The fourth-order valence-corrected chi connectivity index (χ4v) is 3.45. The van der Waals surface area contributed by atoms with E-state index < -0.39 is 42.6 Å². The number of ether oxygens (including phenoxy) is 1. The minimum atomic E-state index is -1.25. The quantitative estimate of drug-likeness (QED) is 0.398. The molecule has 1 aromatic heterocycles. The zero-order valence-corrected chi connectivity index (χ0v) is 16.2. The number of hydrogen-bond acceptors (Lipinski definition) is 9. The van der Waals surface area contributed by atoms with Crippen molar-refractivity contribution >= 4 is 17.6 Å². The maximum Gasteiger partial charge on any atom is 0.351 e. The summed E-state index contributed by atoms with van der Waals surface area (Å²) in [5.74, 6) is -1.61. The molecule has 4 N–H and O–H groups in total. The van der Waals surface area contributed by atoms with Crippen LogP contribution >= 0.6 is 0 Å². The number of nitriles is 1. The average Bonchev–Trinajstić information content (AvgIpc) is 3.07. The van der Waals surface area contributed by atoms with E-state index in [1.807, 2.05) is 6.07 Å². The van der Waals surface area contributed by atoms with Crippen molar-refractivity contribution < 1.29 is 24.5 Å². The van der Waals surface area contributed by atoms with Crippen LogP contribution in [-0.2, 0) is 14.3 Å². The van der Waals surface area contributed by atoms with Gasteiger partial charge in [0.2, 0.25) is 11.8 Å². The van der Waals surface area contributed by atoms with Crippen LogP contribution in [0.5, 0.6) is 0 Å². The van der Waals surface area contributed by atoms with Gasteiger partial charge in [-0.2, -0.15) is 10.2 Å². The van der Waals surface area contributed by atoms with Crippen molar-refractivity contribution in [1.29, 1.82) is 5.26 Å². The Morgan fingerprint density at radius 3 is 2.73 bits per heavy atom. The molecule has 3 heterocycles. The number of aliphatic hydroxyl groups excluding tert-OH is 2. The number of piperazine rings is 1. The van der Waals surface area contributed by atoms with E-state index >= 15 is 0 Å². The van der Waals surface area contributed by atoms with Crippen LogP contribution in [0.2, 0.25) is 0 Å². The molecule has 0 radical (unpaired) electrons. The van der Waals surface area contributed by atoms with E-state index in [1.165, 1.54) is 12.3 Å². The number of hydrogen-bond donors (Lipinski definition) is 4. The van der Waals surface area contributed by atoms with Gasteiger partial charge < -0.3 is 30.5 Å². The minimum absolute atomic E-state index is 0.00151. The van der Waals surface area contributed by atoms with Crippen LogP contribution in [0, 0.1) is 17.2 Å². The van der Waals surface area contributed by atoms with Gasteiger partial charge in [0, 0.05) is 45.2 Å². The van der Waals surface area contributed by atoms with Crippen LogP contribution in [-0.4, -0.2) is 81.5 Å². The lowest BCUT2D eigenvalue weighted by molar-refractivity contribution is -0.133. The fourth-order valence-electron chi connectivity index (χ4n) is 3.45. The van der Waals surface area contributed by atoms with Crippen LogP contribution in [0.1, 0.15) is 19.1 Å². The molecule has 0 aliphatic carbocycles. The Morgan fingerprint density at radius 2 is 2.10 bits per heavy atom. The van der Waals surface area contributed by atoms with Crippen LogP contribution in [0.25, 0.3) is 0 Å². The molecule has 2 aliphatic rings. The van der Waals surface area contributed by atoms with Crippen molar-refractivity contribution in [2.45, 2.75) is 31.3 Å². The molecule has 2 aliphatic heterocycles. The summed E-state index contributed by atoms with van der Waals surface area (Å²) >= 11 is 0. The van der Waals surface area contributed by atoms with Crippen LogP contribution in [0.15, 0.2) is 17.1 Å². The standard InChI is InChI=1S/C18H24N6O6/c19-9-11-16(28)12(10-25)30-17(11)24-6-3-13(22-18(24)29)21-14(26)1-2-15(27)23-7-4-20-5-8-23/h3,6,11-12,16-17,20,25,28H,1-2,4-5,7-8,10H2,(H,21,22,26,29)/t11-,12+,16-,17+/m0/s1. The van der Waals surface area contributed by atoms with E-state index in [2.05, 4.69) is 15.6 Å². The number of aromatic nitrogens is 2. The highest BCUT2D eigenvalue weighted by molar-refractivity contribution is 5.92. The number of nitrogens with zero attached hydrogens (tertiary/aromatic N) is 4. The summed E-state index contributed by atoms with van der Waals surface area (Å²) in [6.45, 7) is 2.17. The van der Waals surface area contributed by atoms with Gasteiger partial charge in [-0.05, 0) is 6.07 Å². The molecule has 0 bridgehead atoms. The van der Waals surface area contributed by atoms with E-state index in [4.69, 9.17) is 4.74 Å². The lowest BCUT2D eigenvalue weighted by Crippen LogP contribution is -2.46. The second-order valence-corrected chi connectivity index (χ2v) is 7.07. The molecule has 0 unspecified atom stereocenters. The van der Waals surface area contributed by atoms with Crippen molar-refractivity contribution in [1.82, 2.24) is 19.8 Å². The summed E-state index contributed by atoms with van der Waals surface area (Å²) in [5.41, 5.74) is -0.791. The van der Waals surface area contributed by atoms with Crippen LogP contribution in [0.3, 0.4) is 0 Å². The highest BCUT2D eigenvalue weighted by Crippen LogP contribution is 2.33. The molecule has 30 heavy (non-hydrogen) atoms. The largest absolute Gasteiger partial charge is 0.394 e. The SMILES string of the molecule is N#C[C@H]1[C@H](O)[C@@H](CO)O[C@H]1n1ccc(NC(=O)CCC(=O)N2CCNCC2)nc1=O. The first-order valence-electron chi connectivity index (χ1n) is 9.66. The van der Waals surface area contributed by atoms with Gasteiger partial charge in [-0.3, -0.25) is 14.2 Å². The molecule has 0 saturated carbocycles. The first-order chi connectivity index (χ1) is 14.4. The lowest BCUT2D eigenvalue weighted by Gasteiger charge is -2.27. The average molecular weight is 420 g/mol. The van der Waals surface area contributed by atoms with Crippen molar-refractivity contribution in [3.05, 3.63) is 22.7 Å². The molecule has 0 aromatic carbocycles. The fraction of sp³-hybridized carbons (Fsp3) is 0.611. The molecule has 1 aromatic rings. The molecule has 12 nitrogen and oxygen atoms in total. The molecule has 2 amide bonds. The first kappa shape index (κ1) is 21.8. The molecule has 12 heteroatoms. The van der Waals surface area contributed by atoms with Gasteiger partial charge in [0.1, 0.15) is 23.9 Å². The van der Waals surface area contributed by atoms with Gasteiger partial charge in [0.15, 0.2) is 6.23 Å². The highest BCUT2D eigenvalue weighted by atomic mass is 16.5. The van der Waals surface area contributed by atoms with Crippen LogP contribution in [0.4, 0.5) is 5.82 Å². The second-order valence-electron chi connectivity index (χ2n) is 7.07. The van der Waals surface area contributed by atoms with Crippen molar-refractivity contribution in [2.75, 3.05) is 38.1 Å². The van der Waals surface area contributed by atoms with E-state index in [0.717, 1.165) is 17.7 Å². The molecular formula is C18H24N6O6. The molecule has 162 valence electrons. The van der Waals surface area contributed by atoms with Gasteiger partial charge in [0.05, 0.1) is 12.7 Å². The smallest absolute Gasteiger partial charge is 0.351 e. The number of aliphatic hydroxyl groups is 2. The molecule has 2 fully saturated rings. The predicted octanol–water partition coefficient (Wildman–Crippen LogP) is -2.22. The Hall–Kier alpha value is -2.85. The maximum atomic E-state index is 12.3. The maximum absolute atomic E-state index is 12.3. The van der Waals surface area contributed by atoms with E-state index in [-0.39, 0.29) is 24.6 Å². The van der Waals surface area contributed by atoms with Crippen molar-refractivity contribution in [2.24, 2.45) is 5.92 Å². The highest BCUT2D eigenvalue weighted by Gasteiger charge is 2.45. The predicted molar refractivity (Wildman–Crippen MR) is 102 cm³/mol. The zero-order valence-electron chi connectivity index (χ0n) is 16.2. The Balaban J connectivity index is 1.59. The van der Waals surface area contributed by atoms with Gasteiger partial charge >= 0.3 is 5.69 Å². The first-order valence-corrected chi connectivity index (χ1v) is 9.66. The number of anilines is 1. The second kappa shape index (κ2) is 9.77. The number of amides is 2. The van der Waals surface area contributed by atoms with Gasteiger partial charge in [-0.1, -0.05) is 0 Å². The van der Waals surface area contributed by atoms with Crippen molar-refractivity contribution in [3.8, 4) is 6.07 Å². The minimum Gasteiger partial charge on any atom is -0.394 e. The van der Waals surface area contributed by atoms with Gasteiger partial charge in [0.25, 0.3) is 0 Å². The van der Waals surface area contributed by atoms with E-state index in [9.17, 15) is 29.9 Å². The third-order valence-corrected chi connectivity index (χ3v) is 5.11.